The summed E-state index contributed by atoms with van der Waals surface area (Å²) in [6, 6.07) is 2.77. The molecule has 1 nitrogen and oxygen atoms in total. The summed E-state index contributed by atoms with van der Waals surface area (Å²) in [5, 5.41) is 0. The van der Waals surface area contributed by atoms with Crippen molar-refractivity contribution in [2.45, 2.75) is 25.2 Å². The molecular weight excluding hydrogens is 248 g/mol. The van der Waals surface area contributed by atoms with Gasteiger partial charge in [0.15, 0.2) is 0 Å². The highest BCUT2D eigenvalue weighted by atomic mass is 19.4. The highest BCUT2D eigenvalue weighted by molar-refractivity contribution is 5.46. The zero-order chi connectivity index (χ0) is 13.3. The molecule has 1 aromatic carbocycles. The summed E-state index contributed by atoms with van der Waals surface area (Å²) in [7, 11) is 0. The molecule has 7 heteroatoms. The molecule has 0 amide bonds. The van der Waals surface area contributed by atoms with Gasteiger partial charge < -0.3 is 5.73 Å². The Morgan fingerprint density at radius 2 is 1.59 bits per heavy atom. The minimum absolute atomic E-state index is 0.131. The number of nitrogens with two attached hydrogens (primary N) is 1. The topological polar surface area (TPSA) is 26.0 Å². The summed E-state index contributed by atoms with van der Waals surface area (Å²) in [5.41, 5.74) is 3.54. The molecular formula is C10H9F6N. The second-order valence-electron chi connectivity index (χ2n) is 3.53. The van der Waals surface area contributed by atoms with Crippen molar-refractivity contribution in [1.82, 2.24) is 0 Å². The number of anilines is 1. The van der Waals surface area contributed by atoms with Crippen LogP contribution < -0.4 is 5.73 Å². The summed E-state index contributed by atoms with van der Waals surface area (Å²) in [5.74, 6) is 0. The van der Waals surface area contributed by atoms with E-state index in [1.54, 1.807) is 0 Å². The first-order valence-electron chi connectivity index (χ1n) is 4.62. The molecule has 0 unspecified atom stereocenters. The Labute approximate surface area is 93.2 Å². The van der Waals surface area contributed by atoms with E-state index < -0.39 is 36.3 Å². The van der Waals surface area contributed by atoms with Crippen LogP contribution in [0.3, 0.4) is 0 Å². The van der Waals surface area contributed by atoms with Gasteiger partial charge in [0.1, 0.15) is 0 Å². The number of alkyl halides is 6. The summed E-state index contributed by atoms with van der Waals surface area (Å²) < 4.78 is 73.4. The molecule has 0 aliphatic carbocycles. The zero-order valence-electron chi connectivity index (χ0n) is 8.49. The van der Waals surface area contributed by atoms with Crippen LogP contribution in [0.4, 0.5) is 32.0 Å². The van der Waals surface area contributed by atoms with Crippen LogP contribution in [0.1, 0.15) is 17.5 Å². The van der Waals surface area contributed by atoms with Crippen molar-refractivity contribution < 1.29 is 26.3 Å². The third kappa shape index (κ3) is 4.16. The zero-order valence-corrected chi connectivity index (χ0v) is 8.49. The molecule has 0 bridgehead atoms. The third-order valence-electron chi connectivity index (χ3n) is 2.12. The first-order valence-corrected chi connectivity index (χ1v) is 4.62. The molecule has 2 N–H and O–H groups in total. The quantitative estimate of drug-likeness (QED) is 0.633. The van der Waals surface area contributed by atoms with Crippen molar-refractivity contribution in [1.29, 1.82) is 0 Å². The molecule has 96 valence electrons. The summed E-state index contributed by atoms with van der Waals surface area (Å²) in [6.07, 6.45) is -11.2. The predicted octanol–water partition coefficient (Wildman–Crippen LogP) is 3.78. The SMILES string of the molecule is Nc1ccc(CCC(F)(F)F)c(C(F)(F)F)c1. The normalized spacial score (nSPS) is 12.8. The molecule has 0 aliphatic heterocycles. The van der Waals surface area contributed by atoms with E-state index in [1.807, 2.05) is 0 Å². The van der Waals surface area contributed by atoms with Crippen molar-refractivity contribution in [3.05, 3.63) is 29.3 Å². The fourth-order valence-electron chi connectivity index (χ4n) is 1.35. The highest BCUT2D eigenvalue weighted by Gasteiger charge is 2.35. The first kappa shape index (κ1) is 13.7. The summed E-state index contributed by atoms with van der Waals surface area (Å²) >= 11 is 0. The van der Waals surface area contributed by atoms with Gasteiger partial charge in [-0.05, 0) is 24.1 Å². The van der Waals surface area contributed by atoms with Crippen LogP contribution in [0.5, 0.6) is 0 Å². The average molecular weight is 257 g/mol. The number of hydrogen-bond donors (Lipinski definition) is 1. The second-order valence-corrected chi connectivity index (χ2v) is 3.53. The number of rotatable bonds is 2. The van der Waals surface area contributed by atoms with Crippen molar-refractivity contribution in [2.75, 3.05) is 5.73 Å². The number of nitrogen functional groups attached to an aromatic ring is 1. The van der Waals surface area contributed by atoms with Crippen LogP contribution in [0, 0.1) is 0 Å². The van der Waals surface area contributed by atoms with E-state index in [1.165, 1.54) is 0 Å². The van der Waals surface area contributed by atoms with E-state index >= 15 is 0 Å². The Balaban J connectivity index is 2.99. The molecule has 0 saturated carbocycles. The first-order chi connectivity index (χ1) is 7.59. The van der Waals surface area contributed by atoms with E-state index in [2.05, 4.69) is 0 Å². The lowest BCUT2D eigenvalue weighted by Gasteiger charge is -2.14. The highest BCUT2D eigenvalue weighted by Crippen LogP contribution is 2.35. The van der Waals surface area contributed by atoms with Gasteiger partial charge in [-0.3, -0.25) is 0 Å². The monoisotopic (exact) mass is 257 g/mol. The van der Waals surface area contributed by atoms with E-state index in [-0.39, 0.29) is 5.69 Å². The summed E-state index contributed by atoms with van der Waals surface area (Å²) in [4.78, 5) is 0. The molecule has 0 aliphatic rings. The van der Waals surface area contributed by atoms with Crippen molar-refractivity contribution in [3.63, 3.8) is 0 Å². The summed E-state index contributed by atoms with van der Waals surface area (Å²) in [6.45, 7) is 0. The Bertz CT molecular complexity index is 393. The lowest BCUT2D eigenvalue weighted by molar-refractivity contribution is -0.141. The van der Waals surface area contributed by atoms with Crippen LogP contribution in [-0.2, 0) is 12.6 Å². The van der Waals surface area contributed by atoms with Crippen LogP contribution in [0.15, 0.2) is 18.2 Å². The van der Waals surface area contributed by atoms with Crippen LogP contribution in [0.25, 0.3) is 0 Å². The fourth-order valence-corrected chi connectivity index (χ4v) is 1.35. The fraction of sp³-hybridized carbons (Fsp3) is 0.400. The molecule has 0 fully saturated rings. The van der Waals surface area contributed by atoms with E-state index in [0.717, 1.165) is 12.1 Å². The molecule has 0 saturated heterocycles. The van der Waals surface area contributed by atoms with E-state index in [4.69, 9.17) is 5.73 Å². The van der Waals surface area contributed by atoms with E-state index in [9.17, 15) is 26.3 Å². The van der Waals surface area contributed by atoms with Crippen LogP contribution in [-0.4, -0.2) is 6.18 Å². The van der Waals surface area contributed by atoms with Crippen molar-refractivity contribution >= 4 is 5.69 Å². The minimum atomic E-state index is -4.70. The van der Waals surface area contributed by atoms with Gasteiger partial charge in [-0.25, -0.2) is 0 Å². The number of benzene rings is 1. The van der Waals surface area contributed by atoms with Crippen molar-refractivity contribution in [3.8, 4) is 0 Å². The third-order valence-corrected chi connectivity index (χ3v) is 2.12. The number of hydrogen-bond acceptors (Lipinski definition) is 1. The minimum Gasteiger partial charge on any atom is -0.399 e. The van der Waals surface area contributed by atoms with Crippen LogP contribution in [0.2, 0.25) is 0 Å². The number of halogens is 6. The van der Waals surface area contributed by atoms with Gasteiger partial charge in [-0.2, -0.15) is 26.3 Å². The smallest absolute Gasteiger partial charge is 0.399 e. The Hall–Kier alpha value is -1.40. The van der Waals surface area contributed by atoms with Crippen molar-refractivity contribution in [2.24, 2.45) is 0 Å². The molecule has 17 heavy (non-hydrogen) atoms. The molecule has 0 aromatic heterocycles. The molecule has 0 radical (unpaired) electrons. The van der Waals surface area contributed by atoms with Crippen LogP contribution >= 0.6 is 0 Å². The maximum absolute atomic E-state index is 12.5. The standard InChI is InChI=1S/C10H9F6N/c11-9(12,13)4-3-6-1-2-7(17)5-8(6)10(14,15)16/h1-2,5H,3-4,17H2. The predicted molar refractivity (Wildman–Crippen MR) is 50.2 cm³/mol. The van der Waals surface area contributed by atoms with Gasteiger partial charge in [-0.1, -0.05) is 6.07 Å². The Morgan fingerprint density at radius 3 is 2.06 bits per heavy atom. The largest absolute Gasteiger partial charge is 0.416 e. The lowest BCUT2D eigenvalue weighted by Crippen LogP contribution is -2.13. The maximum atomic E-state index is 12.5. The molecule has 0 atom stereocenters. The Kier molecular flexibility index (Phi) is 3.59. The van der Waals surface area contributed by atoms with Gasteiger partial charge in [0.2, 0.25) is 0 Å². The van der Waals surface area contributed by atoms with E-state index in [0.29, 0.717) is 6.07 Å². The van der Waals surface area contributed by atoms with Gasteiger partial charge in [-0.15, -0.1) is 0 Å². The maximum Gasteiger partial charge on any atom is 0.416 e. The molecule has 1 rings (SSSR count). The number of aryl methyl sites for hydroxylation is 1. The lowest BCUT2D eigenvalue weighted by atomic mass is 10.0. The van der Waals surface area contributed by atoms with Gasteiger partial charge >= 0.3 is 12.4 Å². The van der Waals surface area contributed by atoms with Gasteiger partial charge in [0.25, 0.3) is 0 Å². The van der Waals surface area contributed by atoms with Gasteiger partial charge in [0.05, 0.1) is 5.56 Å². The second kappa shape index (κ2) is 4.46. The van der Waals surface area contributed by atoms with Gasteiger partial charge in [0, 0.05) is 12.1 Å². The molecule has 1 aromatic rings. The Morgan fingerprint density at radius 1 is 1.00 bits per heavy atom. The molecule has 0 spiro atoms. The average Bonchev–Trinajstić information content (AvgIpc) is 2.13. The molecule has 0 heterocycles.